The first-order valence-electron chi connectivity index (χ1n) is 7.37. The van der Waals surface area contributed by atoms with Crippen molar-refractivity contribution < 1.29 is 14.3 Å². The van der Waals surface area contributed by atoms with Crippen LogP contribution in [-0.4, -0.2) is 31.2 Å². The van der Waals surface area contributed by atoms with Crippen LogP contribution in [0.25, 0.3) is 0 Å². The third-order valence-corrected chi connectivity index (χ3v) is 4.52. The van der Waals surface area contributed by atoms with Crippen molar-refractivity contribution in [3.8, 4) is 5.75 Å². The molecule has 6 nitrogen and oxygen atoms in total. The first-order valence-corrected chi connectivity index (χ1v) is 8.73. The van der Waals surface area contributed by atoms with Crippen LogP contribution in [0.3, 0.4) is 0 Å². The molecular weight excluding hydrogens is 362 g/mol. The Morgan fingerprint density at radius 3 is 2.68 bits per heavy atom. The summed E-state index contributed by atoms with van der Waals surface area (Å²) in [7, 11) is 1.52. The van der Waals surface area contributed by atoms with E-state index in [0.29, 0.717) is 16.5 Å². The third kappa shape index (κ3) is 5.88. The van der Waals surface area contributed by atoms with Crippen LogP contribution in [0.2, 0.25) is 5.02 Å². The van der Waals surface area contributed by atoms with Crippen molar-refractivity contribution in [3.05, 3.63) is 47.5 Å². The number of nitrogens with one attached hydrogen (secondary N) is 2. The zero-order valence-electron chi connectivity index (χ0n) is 13.5. The number of anilines is 2. The number of nitrogens with two attached hydrogens (primary N) is 1. The number of benzene rings is 2. The lowest BCUT2D eigenvalue weighted by Crippen LogP contribution is -2.22. The maximum Gasteiger partial charge on any atom is 0.243 e. The highest BCUT2D eigenvalue weighted by Crippen LogP contribution is 2.28. The average molecular weight is 380 g/mol. The van der Waals surface area contributed by atoms with Gasteiger partial charge in [-0.15, -0.1) is 11.8 Å². The quantitative estimate of drug-likeness (QED) is 0.613. The molecular formula is C17H18ClN3O3S. The van der Waals surface area contributed by atoms with Gasteiger partial charge in [-0.1, -0.05) is 23.7 Å². The Morgan fingerprint density at radius 2 is 2.00 bits per heavy atom. The summed E-state index contributed by atoms with van der Waals surface area (Å²) in [6.45, 7) is 0.0673. The van der Waals surface area contributed by atoms with Crippen molar-refractivity contribution in [2.75, 3.05) is 30.0 Å². The van der Waals surface area contributed by atoms with Crippen LogP contribution in [0, 0.1) is 0 Å². The molecule has 8 heteroatoms. The summed E-state index contributed by atoms with van der Waals surface area (Å²) in [4.78, 5) is 23.9. The van der Waals surface area contributed by atoms with Gasteiger partial charge in [0.2, 0.25) is 11.8 Å². The standard InChI is InChI=1S/C17H18ClN3O3S/c1-24-14-7-6-11(8-12(14)18)21-17(23)9-20-13-4-2-3-5-15(13)25-10-16(19)22/h2-8,20H,9-10H2,1H3,(H2,19,22)(H,21,23). The van der Waals surface area contributed by atoms with Crippen LogP contribution in [0.4, 0.5) is 11.4 Å². The van der Waals surface area contributed by atoms with Crippen LogP contribution in [0.5, 0.6) is 5.75 Å². The van der Waals surface area contributed by atoms with Crippen molar-refractivity contribution in [2.45, 2.75) is 4.90 Å². The van der Waals surface area contributed by atoms with Gasteiger partial charge >= 0.3 is 0 Å². The molecule has 0 aliphatic carbocycles. The van der Waals surface area contributed by atoms with Crippen molar-refractivity contribution in [3.63, 3.8) is 0 Å². The minimum Gasteiger partial charge on any atom is -0.495 e. The van der Waals surface area contributed by atoms with E-state index in [9.17, 15) is 9.59 Å². The number of primary amides is 1. The summed E-state index contributed by atoms with van der Waals surface area (Å²) >= 11 is 7.35. The number of halogens is 1. The molecule has 0 aromatic heterocycles. The molecule has 0 fully saturated rings. The van der Waals surface area contributed by atoms with Gasteiger partial charge in [-0.3, -0.25) is 9.59 Å². The number of ether oxygens (including phenoxy) is 1. The van der Waals surface area contributed by atoms with Crippen molar-refractivity contribution in [1.29, 1.82) is 0 Å². The Kier molecular flexibility index (Phi) is 6.97. The molecule has 0 aliphatic heterocycles. The number of hydrogen-bond acceptors (Lipinski definition) is 5. The van der Waals surface area contributed by atoms with E-state index in [0.717, 1.165) is 10.6 Å². The van der Waals surface area contributed by atoms with E-state index in [2.05, 4.69) is 10.6 Å². The average Bonchev–Trinajstić information content (AvgIpc) is 2.59. The molecule has 0 spiro atoms. The Balaban J connectivity index is 1.94. The predicted octanol–water partition coefficient (Wildman–Crippen LogP) is 2.98. The van der Waals surface area contributed by atoms with E-state index in [-0.39, 0.29) is 18.2 Å². The fraction of sp³-hybridized carbons (Fsp3) is 0.176. The van der Waals surface area contributed by atoms with Gasteiger partial charge in [-0.25, -0.2) is 0 Å². The maximum atomic E-state index is 12.1. The molecule has 0 saturated heterocycles. The van der Waals surface area contributed by atoms with Gasteiger partial charge in [0.1, 0.15) is 5.75 Å². The fourth-order valence-electron chi connectivity index (χ4n) is 2.01. The molecule has 132 valence electrons. The van der Waals surface area contributed by atoms with Gasteiger partial charge < -0.3 is 21.1 Å². The van der Waals surface area contributed by atoms with Crippen LogP contribution in [-0.2, 0) is 9.59 Å². The van der Waals surface area contributed by atoms with E-state index >= 15 is 0 Å². The number of hydrogen-bond donors (Lipinski definition) is 3. The van der Waals surface area contributed by atoms with E-state index < -0.39 is 5.91 Å². The first kappa shape index (κ1) is 19.0. The minimum absolute atomic E-state index is 0.0673. The normalized spacial score (nSPS) is 10.2. The number of methoxy groups -OCH3 is 1. The predicted molar refractivity (Wildman–Crippen MR) is 101 cm³/mol. The molecule has 2 amide bonds. The van der Waals surface area contributed by atoms with Gasteiger partial charge in [-0.05, 0) is 30.3 Å². The van der Waals surface area contributed by atoms with Crippen molar-refractivity contribution in [1.82, 2.24) is 0 Å². The molecule has 0 saturated carbocycles. The second-order valence-electron chi connectivity index (χ2n) is 5.00. The summed E-state index contributed by atoms with van der Waals surface area (Å²) in [6, 6.07) is 12.4. The molecule has 0 heterocycles. The maximum absolute atomic E-state index is 12.1. The Bertz CT molecular complexity index is 771. The smallest absolute Gasteiger partial charge is 0.243 e. The lowest BCUT2D eigenvalue weighted by molar-refractivity contribution is -0.116. The minimum atomic E-state index is -0.395. The van der Waals surface area contributed by atoms with E-state index in [1.807, 2.05) is 24.3 Å². The van der Waals surface area contributed by atoms with Gasteiger partial charge in [0.25, 0.3) is 0 Å². The molecule has 0 bridgehead atoms. The summed E-state index contributed by atoms with van der Waals surface area (Å²) < 4.78 is 5.07. The van der Waals surface area contributed by atoms with Crippen molar-refractivity contribution >= 4 is 46.6 Å². The lowest BCUT2D eigenvalue weighted by atomic mass is 10.3. The first-order chi connectivity index (χ1) is 12.0. The molecule has 0 atom stereocenters. The summed E-state index contributed by atoms with van der Waals surface area (Å²) in [5, 5.41) is 6.22. The number of carbonyl (C=O) groups excluding carboxylic acids is 2. The number of rotatable bonds is 8. The number of thioether (sulfide) groups is 1. The van der Waals surface area contributed by atoms with Crippen LogP contribution >= 0.6 is 23.4 Å². The zero-order valence-corrected chi connectivity index (χ0v) is 15.1. The Morgan fingerprint density at radius 1 is 1.24 bits per heavy atom. The Hall–Kier alpha value is -2.38. The lowest BCUT2D eigenvalue weighted by Gasteiger charge is -2.12. The van der Waals surface area contributed by atoms with E-state index in [1.165, 1.54) is 18.9 Å². The molecule has 2 aromatic rings. The van der Waals surface area contributed by atoms with Gasteiger partial charge in [0.05, 0.1) is 24.4 Å². The van der Waals surface area contributed by atoms with E-state index in [4.69, 9.17) is 22.1 Å². The summed E-state index contributed by atoms with van der Waals surface area (Å²) in [5.41, 5.74) is 6.51. The number of amides is 2. The zero-order chi connectivity index (χ0) is 18.2. The molecule has 2 rings (SSSR count). The highest BCUT2D eigenvalue weighted by Gasteiger charge is 2.08. The second kappa shape index (κ2) is 9.19. The molecule has 0 radical (unpaired) electrons. The van der Waals surface area contributed by atoms with Crippen LogP contribution in [0.15, 0.2) is 47.4 Å². The third-order valence-electron chi connectivity index (χ3n) is 3.13. The highest BCUT2D eigenvalue weighted by atomic mass is 35.5. The van der Waals surface area contributed by atoms with Gasteiger partial charge in [0, 0.05) is 16.3 Å². The SMILES string of the molecule is COc1ccc(NC(=O)CNc2ccccc2SCC(N)=O)cc1Cl. The Labute approximate surface area is 155 Å². The monoisotopic (exact) mass is 379 g/mol. The molecule has 0 unspecified atom stereocenters. The van der Waals surface area contributed by atoms with Crippen LogP contribution in [0.1, 0.15) is 0 Å². The van der Waals surface area contributed by atoms with E-state index in [1.54, 1.807) is 18.2 Å². The molecule has 4 N–H and O–H groups in total. The van der Waals surface area contributed by atoms with Crippen molar-refractivity contribution in [2.24, 2.45) is 5.73 Å². The number of carbonyl (C=O) groups is 2. The second-order valence-corrected chi connectivity index (χ2v) is 6.43. The topological polar surface area (TPSA) is 93.4 Å². The largest absolute Gasteiger partial charge is 0.495 e. The summed E-state index contributed by atoms with van der Waals surface area (Å²) in [6.07, 6.45) is 0. The molecule has 25 heavy (non-hydrogen) atoms. The summed E-state index contributed by atoms with van der Waals surface area (Å²) in [5.74, 6) is 0.0953. The molecule has 0 aliphatic rings. The molecule has 2 aromatic carbocycles. The van der Waals surface area contributed by atoms with Gasteiger partial charge in [-0.2, -0.15) is 0 Å². The fourth-order valence-corrected chi connectivity index (χ4v) is 3.04. The van der Waals surface area contributed by atoms with Crippen LogP contribution < -0.4 is 21.1 Å². The number of para-hydroxylation sites is 1. The highest BCUT2D eigenvalue weighted by molar-refractivity contribution is 8.00. The van der Waals surface area contributed by atoms with Gasteiger partial charge in [0.15, 0.2) is 0 Å².